The van der Waals surface area contributed by atoms with E-state index in [2.05, 4.69) is 6.07 Å². The molecule has 0 aliphatic rings. The van der Waals surface area contributed by atoms with Crippen LogP contribution in [0.3, 0.4) is 0 Å². The van der Waals surface area contributed by atoms with Gasteiger partial charge in [-0.05, 0) is 155 Å². The quantitative estimate of drug-likeness (QED) is 0.124. The number of aromatic nitrogens is 2. The molecule has 0 fully saturated rings. The van der Waals surface area contributed by atoms with Gasteiger partial charge in [0.15, 0.2) is 0 Å². The van der Waals surface area contributed by atoms with E-state index >= 15 is 0 Å². The molecule has 0 unspecified atom stereocenters. The Morgan fingerprint density at radius 1 is 0.328 bits per heavy atom. The molecule has 0 N–H and O–H groups in total. The van der Waals surface area contributed by atoms with Crippen LogP contribution < -0.4 is 0 Å². The van der Waals surface area contributed by atoms with Gasteiger partial charge in [0.25, 0.3) is 0 Å². The molecule has 0 saturated heterocycles. The summed E-state index contributed by atoms with van der Waals surface area (Å²) in [7, 11) is 0. The fraction of sp³-hybridized carbons (Fsp3) is 0.0536. The van der Waals surface area contributed by atoms with Crippen molar-refractivity contribution < 1.29 is 39.5 Å². The second-order valence-corrected chi connectivity index (χ2v) is 16.5. The molecule has 0 saturated carbocycles. The van der Waals surface area contributed by atoms with Crippen LogP contribution in [0.25, 0.3) is 105 Å². The lowest BCUT2D eigenvalue weighted by Gasteiger charge is -2.19. The molecular formula is C56H31F9N2. The van der Waals surface area contributed by atoms with Crippen molar-refractivity contribution in [3.63, 3.8) is 0 Å². The molecule has 0 aliphatic carbocycles. The Bertz CT molecular complexity index is 3750. The van der Waals surface area contributed by atoms with Crippen molar-refractivity contribution in [2.24, 2.45) is 0 Å². The Hall–Kier alpha value is -7.92. The molecule has 0 radical (unpaired) electrons. The van der Waals surface area contributed by atoms with Crippen molar-refractivity contribution in [3.8, 4) is 50.5 Å². The van der Waals surface area contributed by atoms with Gasteiger partial charge in [0.2, 0.25) is 0 Å². The van der Waals surface area contributed by atoms with Gasteiger partial charge >= 0.3 is 18.5 Å². The highest BCUT2D eigenvalue weighted by Crippen LogP contribution is 2.47. The average Bonchev–Trinajstić information content (AvgIpc) is 3.71. The number of hydrogen-bond donors (Lipinski definition) is 0. The van der Waals surface area contributed by atoms with Crippen LogP contribution in [0.4, 0.5) is 39.5 Å². The van der Waals surface area contributed by atoms with Crippen molar-refractivity contribution in [2.45, 2.75) is 18.5 Å². The Balaban J connectivity index is 1.09. The molecule has 0 aliphatic heterocycles. The Morgan fingerprint density at radius 3 is 1.33 bits per heavy atom. The third-order valence-electron chi connectivity index (χ3n) is 12.4. The number of halogens is 9. The van der Waals surface area contributed by atoms with Crippen LogP contribution in [0.1, 0.15) is 16.7 Å². The first kappa shape index (κ1) is 41.8. The van der Waals surface area contributed by atoms with E-state index in [1.54, 1.807) is 12.1 Å². The Labute approximate surface area is 375 Å². The van der Waals surface area contributed by atoms with E-state index < -0.39 is 35.2 Å². The Kier molecular flexibility index (Phi) is 9.56. The summed E-state index contributed by atoms with van der Waals surface area (Å²) >= 11 is 0. The second-order valence-electron chi connectivity index (χ2n) is 16.5. The van der Waals surface area contributed by atoms with Crippen LogP contribution in [0.15, 0.2) is 188 Å². The van der Waals surface area contributed by atoms with Crippen molar-refractivity contribution >= 4 is 54.1 Å². The molecule has 1 aromatic heterocycles. The van der Waals surface area contributed by atoms with Crippen LogP contribution in [0.5, 0.6) is 0 Å². The highest BCUT2D eigenvalue weighted by Gasteiger charge is 2.32. The minimum atomic E-state index is -4.51. The SMILES string of the molecule is FC(F)(F)c1ccc(-n2c(-c3ccc(-c4ccc5c(-c6ccc7cc(C(F)(F)F)ccc7c6)c6ccccc6c(-c6ccc7cc(C(F)(F)F)ccc7c6)c5c4)cc3)nc3ccccc32)cc1. The van der Waals surface area contributed by atoms with Gasteiger partial charge in [-0.1, -0.05) is 109 Å². The molecule has 0 atom stereocenters. The summed E-state index contributed by atoms with van der Waals surface area (Å²) in [5, 5.41) is 5.53. The van der Waals surface area contributed by atoms with Crippen molar-refractivity contribution in [2.75, 3.05) is 0 Å². The summed E-state index contributed by atoms with van der Waals surface area (Å²) in [6, 6.07) is 52.1. The number of imidazole rings is 1. The predicted octanol–water partition coefficient (Wildman–Crippen LogP) is 17.4. The number of alkyl halides is 9. The first-order valence-corrected chi connectivity index (χ1v) is 21.1. The van der Waals surface area contributed by atoms with Crippen LogP contribution in [0, 0.1) is 0 Å². The first-order chi connectivity index (χ1) is 32.1. The van der Waals surface area contributed by atoms with E-state index in [1.165, 1.54) is 24.3 Å². The minimum absolute atomic E-state index is 0.432. The van der Waals surface area contributed by atoms with Crippen molar-refractivity contribution in [1.82, 2.24) is 9.55 Å². The van der Waals surface area contributed by atoms with Gasteiger partial charge in [-0.25, -0.2) is 4.98 Å². The predicted molar refractivity (Wildman–Crippen MR) is 248 cm³/mol. The topological polar surface area (TPSA) is 17.8 Å². The van der Waals surface area contributed by atoms with Gasteiger partial charge < -0.3 is 0 Å². The van der Waals surface area contributed by atoms with E-state index in [9.17, 15) is 39.5 Å². The fourth-order valence-corrected chi connectivity index (χ4v) is 9.23. The number of benzene rings is 10. The zero-order chi connectivity index (χ0) is 46.4. The lowest BCUT2D eigenvalue weighted by Crippen LogP contribution is -2.05. The molecular weight excluding hydrogens is 872 g/mol. The van der Waals surface area contributed by atoms with Crippen LogP contribution >= 0.6 is 0 Å². The number of para-hydroxylation sites is 2. The van der Waals surface area contributed by atoms with Crippen molar-refractivity contribution in [1.29, 1.82) is 0 Å². The van der Waals surface area contributed by atoms with Gasteiger partial charge in [0, 0.05) is 11.3 Å². The number of rotatable bonds is 5. The lowest BCUT2D eigenvalue weighted by molar-refractivity contribution is -0.138. The van der Waals surface area contributed by atoms with Gasteiger partial charge in [0.05, 0.1) is 27.7 Å². The summed E-state index contributed by atoms with van der Waals surface area (Å²) in [5.74, 6) is 0.535. The standard InChI is InChI=1S/C56H31F9N2/c57-54(58,59)41-22-24-44(25-23-41)67-50-8-4-3-7-49(50)66-53(67)33-11-9-32(10-12-33)38-19-26-47-48(31-38)52(40-16-14-37-30-43(56(63,64)65)21-18-35(37)28-40)46-6-2-1-5-45(46)51(47)39-15-13-36-29-42(55(60,61)62)20-17-34(36)27-39/h1-31H. The average molecular weight is 903 g/mol. The van der Waals surface area contributed by atoms with Crippen LogP contribution in [-0.4, -0.2) is 9.55 Å². The monoisotopic (exact) mass is 902 g/mol. The highest BCUT2D eigenvalue weighted by atomic mass is 19.4. The second kappa shape index (κ2) is 15.3. The smallest absolute Gasteiger partial charge is 0.292 e. The summed E-state index contributed by atoms with van der Waals surface area (Å²) in [6.07, 6.45) is -13.5. The first-order valence-electron chi connectivity index (χ1n) is 21.1. The molecule has 67 heavy (non-hydrogen) atoms. The van der Waals surface area contributed by atoms with E-state index in [4.69, 9.17) is 4.98 Å². The van der Waals surface area contributed by atoms with E-state index in [-0.39, 0.29) is 0 Å². The molecule has 11 heteroatoms. The molecule has 0 amide bonds. The molecule has 11 aromatic rings. The summed E-state index contributed by atoms with van der Waals surface area (Å²) < 4.78 is 125. The zero-order valence-corrected chi connectivity index (χ0v) is 34.7. The normalized spacial score (nSPS) is 12.6. The lowest BCUT2D eigenvalue weighted by atomic mass is 9.84. The van der Waals surface area contributed by atoms with E-state index in [0.717, 1.165) is 102 Å². The molecule has 1 heterocycles. The number of hydrogen-bond acceptors (Lipinski definition) is 1. The maximum absolute atomic E-state index is 13.7. The van der Waals surface area contributed by atoms with Crippen LogP contribution in [0.2, 0.25) is 0 Å². The minimum Gasteiger partial charge on any atom is -0.292 e. The molecule has 11 rings (SSSR count). The van der Waals surface area contributed by atoms with Crippen molar-refractivity contribution in [3.05, 3.63) is 205 Å². The summed E-state index contributed by atoms with van der Waals surface area (Å²) in [6.45, 7) is 0. The highest BCUT2D eigenvalue weighted by molar-refractivity contribution is 6.22. The number of nitrogens with zero attached hydrogens (tertiary/aromatic N) is 2. The number of fused-ring (bicyclic) bond motifs is 5. The Morgan fingerprint density at radius 2 is 0.761 bits per heavy atom. The van der Waals surface area contributed by atoms with E-state index in [0.29, 0.717) is 38.6 Å². The third kappa shape index (κ3) is 7.40. The van der Waals surface area contributed by atoms with E-state index in [1.807, 2.05) is 114 Å². The molecule has 2 nitrogen and oxygen atoms in total. The molecule has 0 bridgehead atoms. The molecule has 10 aromatic carbocycles. The summed E-state index contributed by atoms with van der Waals surface area (Å²) in [5.41, 5.74) is 5.31. The maximum atomic E-state index is 13.7. The van der Waals surface area contributed by atoms with Gasteiger partial charge in [-0.15, -0.1) is 0 Å². The largest absolute Gasteiger partial charge is 0.416 e. The molecule has 0 spiro atoms. The summed E-state index contributed by atoms with van der Waals surface area (Å²) in [4.78, 5) is 4.89. The van der Waals surface area contributed by atoms with Gasteiger partial charge in [-0.2, -0.15) is 39.5 Å². The van der Waals surface area contributed by atoms with Gasteiger partial charge in [0.1, 0.15) is 5.82 Å². The fourth-order valence-electron chi connectivity index (χ4n) is 9.23. The van der Waals surface area contributed by atoms with Crippen LogP contribution in [-0.2, 0) is 18.5 Å². The molecule has 328 valence electrons. The van der Waals surface area contributed by atoms with Gasteiger partial charge in [-0.3, -0.25) is 4.57 Å². The third-order valence-corrected chi connectivity index (χ3v) is 12.4. The maximum Gasteiger partial charge on any atom is 0.416 e. The zero-order valence-electron chi connectivity index (χ0n) is 34.7.